The average molecular weight is 349 g/mol. The van der Waals surface area contributed by atoms with Crippen LogP contribution in [0.1, 0.15) is 18.9 Å². The fourth-order valence-electron chi connectivity index (χ4n) is 4.20. The maximum atomic E-state index is 13.0. The van der Waals surface area contributed by atoms with E-state index in [4.69, 9.17) is 0 Å². The zero-order valence-electron chi connectivity index (χ0n) is 13.9. The number of anilines is 1. The number of carbonyl (C=O) groups excluding carboxylic acids is 1. The summed E-state index contributed by atoms with van der Waals surface area (Å²) < 4.78 is 27.7. The lowest BCUT2D eigenvalue weighted by atomic mass is 10.0. The first-order chi connectivity index (χ1) is 11.5. The minimum Gasteiger partial charge on any atom is -0.316 e. The fourth-order valence-corrected chi connectivity index (χ4v) is 5.77. The summed E-state index contributed by atoms with van der Waals surface area (Å²) in [5, 5.41) is 3.33. The number of aryl methyl sites for hydroxylation is 1. The molecule has 0 spiro atoms. The van der Waals surface area contributed by atoms with Crippen LogP contribution in [-0.4, -0.2) is 51.4 Å². The fraction of sp³-hybridized carbons (Fsp3) is 0.588. The summed E-state index contributed by atoms with van der Waals surface area (Å²) in [6, 6.07) is 5.26. The van der Waals surface area contributed by atoms with Gasteiger partial charge < -0.3 is 10.2 Å². The van der Waals surface area contributed by atoms with Crippen molar-refractivity contribution in [2.45, 2.75) is 24.7 Å². The van der Waals surface area contributed by atoms with Crippen LogP contribution < -0.4 is 10.2 Å². The topological polar surface area (TPSA) is 69.7 Å². The van der Waals surface area contributed by atoms with Crippen LogP contribution in [0, 0.1) is 11.8 Å². The smallest absolute Gasteiger partial charge is 0.243 e. The third-order valence-electron chi connectivity index (χ3n) is 5.55. The van der Waals surface area contributed by atoms with Crippen molar-refractivity contribution in [2.75, 3.05) is 37.6 Å². The van der Waals surface area contributed by atoms with E-state index in [0.717, 1.165) is 37.2 Å². The molecule has 24 heavy (non-hydrogen) atoms. The molecule has 2 atom stereocenters. The van der Waals surface area contributed by atoms with Gasteiger partial charge in [0, 0.05) is 32.2 Å². The van der Waals surface area contributed by atoms with E-state index in [2.05, 4.69) is 5.32 Å². The molecule has 1 N–H and O–H groups in total. The van der Waals surface area contributed by atoms with E-state index in [9.17, 15) is 13.2 Å². The minimum atomic E-state index is -3.50. The first kappa shape index (κ1) is 16.1. The van der Waals surface area contributed by atoms with Gasteiger partial charge in [0.25, 0.3) is 0 Å². The Kier molecular flexibility index (Phi) is 3.89. The standard InChI is InChI=1S/C17H23N3O3S/c1-12(21)20-6-2-3-13-4-5-16(7-17(13)20)24(22,23)19-10-14-8-18-9-15(14)11-19/h4-5,7,14-15,18H,2-3,6,8-11H2,1H3/t14-,15+. The first-order valence-electron chi connectivity index (χ1n) is 8.59. The van der Waals surface area contributed by atoms with Crippen molar-refractivity contribution in [1.29, 1.82) is 0 Å². The van der Waals surface area contributed by atoms with Gasteiger partial charge >= 0.3 is 0 Å². The minimum absolute atomic E-state index is 0.0349. The summed E-state index contributed by atoms with van der Waals surface area (Å²) in [6.07, 6.45) is 1.81. The monoisotopic (exact) mass is 349 g/mol. The van der Waals surface area contributed by atoms with Gasteiger partial charge in [-0.3, -0.25) is 4.79 Å². The number of sulfonamides is 1. The van der Waals surface area contributed by atoms with Gasteiger partial charge in [-0.2, -0.15) is 4.31 Å². The van der Waals surface area contributed by atoms with E-state index in [1.54, 1.807) is 21.3 Å². The zero-order valence-corrected chi connectivity index (χ0v) is 14.7. The number of nitrogens with one attached hydrogen (secondary N) is 1. The molecular formula is C17H23N3O3S. The predicted octanol–water partition coefficient (Wildman–Crippen LogP) is 0.826. The molecule has 1 aromatic rings. The van der Waals surface area contributed by atoms with E-state index in [1.807, 2.05) is 6.07 Å². The number of nitrogens with zero attached hydrogens (tertiary/aromatic N) is 2. The summed E-state index contributed by atoms with van der Waals surface area (Å²) in [5.74, 6) is 0.810. The molecule has 0 radical (unpaired) electrons. The van der Waals surface area contributed by atoms with Gasteiger partial charge in [-0.1, -0.05) is 6.07 Å². The van der Waals surface area contributed by atoms with E-state index in [1.165, 1.54) is 6.92 Å². The number of benzene rings is 1. The third kappa shape index (κ3) is 2.55. The highest BCUT2D eigenvalue weighted by Crippen LogP contribution is 2.34. The van der Waals surface area contributed by atoms with Gasteiger partial charge in [0.1, 0.15) is 0 Å². The Balaban J connectivity index is 1.67. The predicted molar refractivity (Wildman–Crippen MR) is 91.4 cm³/mol. The van der Waals surface area contributed by atoms with Crippen LogP contribution in [0.15, 0.2) is 23.1 Å². The van der Waals surface area contributed by atoms with Crippen LogP contribution in [0.4, 0.5) is 5.69 Å². The second-order valence-corrected chi connectivity index (χ2v) is 9.00. The van der Waals surface area contributed by atoms with Gasteiger partial charge in [-0.05, 0) is 55.5 Å². The Morgan fingerprint density at radius 1 is 1.21 bits per heavy atom. The normalized spacial score (nSPS) is 27.1. The van der Waals surface area contributed by atoms with Crippen LogP contribution in [-0.2, 0) is 21.2 Å². The quantitative estimate of drug-likeness (QED) is 0.858. The zero-order chi connectivity index (χ0) is 16.9. The van der Waals surface area contributed by atoms with Gasteiger partial charge in [-0.25, -0.2) is 8.42 Å². The van der Waals surface area contributed by atoms with Gasteiger partial charge in [0.15, 0.2) is 0 Å². The number of hydrogen-bond acceptors (Lipinski definition) is 4. The maximum absolute atomic E-state index is 13.0. The van der Waals surface area contributed by atoms with Crippen LogP contribution in [0.2, 0.25) is 0 Å². The molecule has 0 aliphatic carbocycles. The SMILES string of the molecule is CC(=O)N1CCCc2ccc(S(=O)(=O)N3C[C@H]4CNC[C@H]4C3)cc21. The summed E-state index contributed by atoms with van der Waals surface area (Å²) >= 11 is 0. The van der Waals surface area contributed by atoms with E-state index in [0.29, 0.717) is 36.4 Å². The lowest BCUT2D eigenvalue weighted by Gasteiger charge is -2.29. The molecule has 2 saturated heterocycles. The average Bonchev–Trinajstić information content (AvgIpc) is 3.15. The van der Waals surface area contributed by atoms with E-state index in [-0.39, 0.29) is 5.91 Å². The lowest BCUT2D eigenvalue weighted by molar-refractivity contribution is -0.116. The number of carbonyl (C=O) groups is 1. The Morgan fingerprint density at radius 2 is 1.92 bits per heavy atom. The van der Waals surface area contributed by atoms with Crippen LogP contribution in [0.25, 0.3) is 0 Å². The Labute approximate surface area is 142 Å². The molecule has 3 aliphatic heterocycles. The summed E-state index contributed by atoms with van der Waals surface area (Å²) in [7, 11) is -3.50. The Hall–Kier alpha value is -1.44. The largest absolute Gasteiger partial charge is 0.316 e. The second kappa shape index (κ2) is 5.82. The van der Waals surface area contributed by atoms with Crippen molar-refractivity contribution in [3.05, 3.63) is 23.8 Å². The Morgan fingerprint density at radius 3 is 2.58 bits per heavy atom. The number of amides is 1. The van der Waals surface area contributed by atoms with Crippen molar-refractivity contribution in [3.8, 4) is 0 Å². The molecule has 6 nitrogen and oxygen atoms in total. The van der Waals surface area contributed by atoms with Crippen molar-refractivity contribution < 1.29 is 13.2 Å². The van der Waals surface area contributed by atoms with Crippen LogP contribution >= 0.6 is 0 Å². The highest BCUT2D eigenvalue weighted by Gasteiger charge is 2.41. The summed E-state index contributed by atoms with van der Waals surface area (Å²) in [6.45, 7) is 5.18. The molecule has 0 unspecified atom stereocenters. The van der Waals surface area contributed by atoms with Gasteiger partial charge in [0.2, 0.25) is 15.9 Å². The molecule has 1 amide bonds. The molecule has 3 aliphatic rings. The molecule has 2 fully saturated rings. The number of rotatable bonds is 2. The van der Waals surface area contributed by atoms with Crippen LogP contribution in [0.3, 0.4) is 0 Å². The molecule has 7 heteroatoms. The van der Waals surface area contributed by atoms with Gasteiger partial charge in [0.05, 0.1) is 4.90 Å². The summed E-state index contributed by atoms with van der Waals surface area (Å²) in [4.78, 5) is 13.9. The molecule has 0 bridgehead atoms. The van der Waals surface area contributed by atoms with E-state index >= 15 is 0 Å². The van der Waals surface area contributed by atoms with E-state index < -0.39 is 10.0 Å². The molecule has 4 rings (SSSR count). The van der Waals surface area contributed by atoms with Crippen molar-refractivity contribution in [1.82, 2.24) is 9.62 Å². The molecule has 3 heterocycles. The van der Waals surface area contributed by atoms with Crippen molar-refractivity contribution in [3.63, 3.8) is 0 Å². The third-order valence-corrected chi connectivity index (χ3v) is 7.38. The molecular weight excluding hydrogens is 326 g/mol. The number of fused-ring (bicyclic) bond motifs is 2. The highest BCUT2D eigenvalue weighted by molar-refractivity contribution is 7.89. The second-order valence-electron chi connectivity index (χ2n) is 7.07. The Bertz CT molecular complexity index is 765. The number of hydrogen-bond donors (Lipinski definition) is 1. The first-order valence-corrected chi connectivity index (χ1v) is 10.0. The molecule has 1 aromatic carbocycles. The molecule has 130 valence electrons. The van der Waals surface area contributed by atoms with Crippen LogP contribution in [0.5, 0.6) is 0 Å². The van der Waals surface area contributed by atoms with Gasteiger partial charge in [-0.15, -0.1) is 0 Å². The molecule has 0 aromatic heterocycles. The molecule has 0 saturated carbocycles. The van der Waals surface area contributed by atoms with Crippen molar-refractivity contribution in [2.24, 2.45) is 11.8 Å². The van der Waals surface area contributed by atoms with Crippen molar-refractivity contribution >= 4 is 21.6 Å². The maximum Gasteiger partial charge on any atom is 0.243 e. The lowest BCUT2D eigenvalue weighted by Crippen LogP contribution is -2.35. The summed E-state index contributed by atoms with van der Waals surface area (Å²) in [5.41, 5.74) is 1.81. The highest BCUT2D eigenvalue weighted by atomic mass is 32.2.